The number of hydrogen-bond acceptors (Lipinski definition) is 4. The van der Waals surface area contributed by atoms with Gasteiger partial charge in [-0.1, -0.05) is 0 Å². The van der Waals surface area contributed by atoms with Gasteiger partial charge in [-0.2, -0.15) is 0 Å². The Bertz CT molecular complexity index is 383. The van der Waals surface area contributed by atoms with Gasteiger partial charge in [-0.3, -0.25) is 4.79 Å². The van der Waals surface area contributed by atoms with Crippen molar-refractivity contribution in [3.63, 3.8) is 0 Å². The van der Waals surface area contributed by atoms with Crippen molar-refractivity contribution in [2.75, 3.05) is 24.2 Å². The van der Waals surface area contributed by atoms with Crippen molar-refractivity contribution in [3.8, 4) is 0 Å². The highest BCUT2D eigenvalue weighted by Gasteiger charge is 2.03. The molecule has 1 aromatic carbocycles. The first-order valence-corrected chi connectivity index (χ1v) is 5.58. The number of benzene rings is 1. The molecule has 0 aliphatic rings. The number of nitrogen functional groups attached to an aromatic ring is 1. The third-order valence-electron chi connectivity index (χ3n) is 2.17. The minimum Gasteiger partial charge on any atom is -0.466 e. The standard InChI is InChI=1S/C12H17FN2O2/c1-2-17-12(16)4-3-7-15-11-6-5-9(14)8-10(11)13/h5-6,8,15H,2-4,7,14H2,1H3. The van der Waals surface area contributed by atoms with Crippen molar-refractivity contribution >= 4 is 17.3 Å². The van der Waals surface area contributed by atoms with E-state index in [-0.39, 0.29) is 11.8 Å². The Kier molecular flexibility index (Phi) is 5.26. The normalized spacial score (nSPS) is 10.0. The number of nitrogens with two attached hydrogens (primary N) is 1. The molecule has 0 aromatic heterocycles. The van der Waals surface area contributed by atoms with Crippen LogP contribution in [0.1, 0.15) is 19.8 Å². The monoisotopic (exact) mass is 240 g/mol. The van der Waals surface area contributed by atoms with Gasteiger partial charge in [0.2, 0.25) is 0 Å². The lowest BCUT2D eigenvalue weighted by Gasteiger charge is -2.07. The molecule has 17 heavy (non-hydrogen) atoms. The molecular formula is C12H17FN2O2. The molecule has 3 N–H and O–H groups in total. The van der Waals surface area contributed by atoms with E-state index in [4.69, 9.17) is 10.5 Å². The van der Waals surface area contributed by atoms with Crippen molar-refractivity contribution < 1.29 is 13.9 Å². The van der Waals surface area contributed by atoms with Crippen LogP contribution in [-0.4, -0.2) is 19.1 Å². The van der Waals surface area contributed by atoms with Gasteiger partial charge in [0.25, 0.3) is 0 Å². The SMILES string of the molecule is CCOC(=O)CCCNc1ccc(N)cc1F. The summed E-state index contributed by atoms with van der Waals surface area (Å²) in [7, 11) is 0. The van der Waals surface area contributed by atoms with Gasteiger partial charge >= 0.3 is 5.97 Å². The fourth-order valence-electron chi connectivity index (χ4n) is 1.36. The van der Waals surface area contributed by atoms with Gasteiger partial charge in [0.1, 0.15) is 5.82 Å². The lowest BCUT2D eigenvalue weighted by Crippen LogP contribution is -2.09. The molecule has 0 amide bonds. The summed E-state index contributed by atoms with van der Waals surface area (Å²) >= 11 is 0. The molecule has 94 valence electrons. The van der Waals surface area contributed by atoms with Crippen molar-refractivity contribution in [1.29, 1.82) is 0 Å². The predicted octanol–water partition coefficient (Wildman–Crippen LogP) is 2.16. The fraction of sp³-hybridized carbons (Fsp3) is 0.417. The van der Waals surface area contributed by atoms with Crippen LogP contribution in [0, 0.1) is 5.82 Å². The van der Waals surface area contributed by atoms with Crippen LogP contribution in [0.15, 0.2) is 18.2 Å². The van der Waals surface area contributed by atoms with E-state index in [0.29, 0.717) is 37.4 Å². The molecule has 0 radical (unpaired) electrons. The topological polar surface area (TPSA) is 64.3 Å². The van der Waals surface area contributed by atoms with Crippen molar-refractivity contribution in [2.45, 2.75) is 19.8 Å². The highest BCUT2D eigenvalue weighted by atomic mass is 19.1. The summed E-state index contributed by atoms with van der Waals surface area (Å²) in [6.45, 7) is 2.67. The highest BCUT2D eigenvalue weighted by Crippen LogP contribution is 2.16. The molecule has 0 aliphatic carbocycles. The lowest BCUT2D eigenvalue weighted by molar-refractivity contribution is -0.143. The van der Waals surface area contributed by atoms with Gasteiger partial charge in [0.15, 0.2) is 0 Å². The summed E-state index contributed by atoms with van der Waals surface area (Å²) in [5.41, 5.74) is 6.21. The molecular weight excluding hydrogens is 223 g/mol. The molecule has 1 aromatic rings. The van der Waals surface area contributed by atoms with Crippen LogP contribution < -0.4 is 11.1 Å². The number of carbonyl (C=O) groups excluding carboxylic acids is 1. The van der Waals surface area contributed by atoms with E-state index < -0.39 is 0 Å². The molecule has 1 rings (SSSR count). The van der Waals surface area contributed by atoms with Crippen LogP contribution in [0.25, 0.3) is 0 Å². The largest absolute Gasteiger partial charge is 0.466 e. The van der Waals surface area contributed by atoms with Crippen LogP contribution in [0.4, 0.5) is 15.8 Å². The van der Waals surface area contributed by atoms with E-state index in [2.05, 4.69) is 5.32 Å². The van der Waals surface area contributed by atoms with Gasteiger partial charge in [-0.05, 0) is 31.5 Å². The van der Waals surface area contributed by atoms with Crippen LogP contribution in [0.3, 0.4) is 0 Å². The van der Waals surface area contributed by atoms with Crippen molar-refractivity contribution in [1.82, 2.24) is 0 Å². The van der Waals surface area contributed by atoms with E-state index in [9.17, 15) is 9.18 Å². The summed E-state index contributed by atoms with van der Waals surface area (Å²) in [4.78, 5) is 11.0. The lowest BCUT2D eigenvalue weighted by atomic mass is 10.2. The molecule has 0 fully saturated rings. The van der Waals surface area contributed by atoms with Gasteiger partial charge < -0.3 is 15.8 Å². The molecule has 5 heteroatoms. The molecule has 0 atom stereocenters. The molecule has 0 aliphatic heterocycles. The zero-order valence-electron chi connectivity index (χ0n) is 9.83. The second-order valence-electron chi connectivity index (χ2n) is 3.57. The Hall–Kier alpha value is -1.78. The molecule has 0 saturated heterocycles. The average Bonchev–Trinajstić information content (AvgIpc) is 2.27. The number of ether oxygens (including phenoxy) is 1. The minimum absolute atomic E-state index is 0.230. The molecule has 0 saturated carbocycles. The number of rotatable bonds is 6. The maximum absolute atomic E-state index is 13.3. The summed E-state index contributed by atoms with van der Waals surface area (Å²) in [6, 6.07) is 4.46. The Morgan fingerprint density at radius 2 is 2.29 bits per heavy atom. The molecule has 0 spiro atoms. The number of nitrogens with one attached hydrogen (secondary N) is 1. The van der Waals surface area contributed by atoms with Crippen LogP contribution in [0.5, 0.6) is 0 Å². The third-order valence-corrected chi connectivity index (χ3v) is 2.17. The van der Waals surface area contributed by atoms with Crippen molar-refractivity contribution in [2.24, 2.45) is 0 Å². The number of halogens is 1. The smallest absolute Gasteiger partial charge is 0.305 e. The zero-order chi connectivity index (χ0) is 12.7. The second kappa shape index (κ2) is 6.73. The van der Waals surface area contributed by atoms with Gasteiger partial charge in [0.05, 0.1) is 12.3 Å². The highest BCUT2D eigenvalue weighted by molar-refractivity contribution is 5.69. The van der Waals surface area contributed by atoms with Gasteiger partial charge in [0, 0.05) is 18.7 Å². The van der Waals surface area contributed by atoms with E-state index in [1.165, 1.54) is 6.07 Å². The molecule has 0 unspecified atom stereocenters. The third kappa shape index (κ3) is 4.72. The van der Waals surface area contributed by atoms with E-state index in [0.717, 1.165) is 0 Å². The summed E-state index contributed by atoms with van der Waals surface area (Å²) in [5.74, 6) is -0.617. The molecule has 0 bridgehead atoms. The summed E-state index contributed by atoms with van der Waals surface area (Å²) in [6.07, 6.45) is 0.931. The molecule has 4 nitrogen and oxygen atoms in total. The number of anilines is 2. The maximum Gasteiger partial charge on any atom is 0.305 e. The van der Waals surface area contributed by atoms with Crippen molar-refractivity contribution in [3.05, 3.63) is 24.0 Å². The van der Waals surface area contributed by atoms with E-state index in [1.54, 1.807) is 19.1 Å². The van der Waals surface area contributed by atoms with Gasteiger partial charge in [-0.15, -0.1) is 0 Å². The average molecular weight is 240 g/mol. The first-order chi connectivity index (χ1) is 8.13. The first-order valence-electron chi connectivity index (χ1n) is 5.58. The minimum atomic E-state index is -0.388. The van der Waals surface area contributed by atoms with E-state index >= 15 is 0 Å². The van der Waals surface area contributed by atoms with E-state index in [1.807, 2.05) is 0 Å². The Balaban J connectivity index is 2.29. The first kappa shape index (κ1) is 13.3. The number of carbonyl (C=O) groups is 1. The molecule has 0 heterocycles. The number of hydrogen-bond donors (Lipinski definition) is 2. The fourth-order valence-corrected chi connectivity index (χ4v) is 1.36. The summed E-state index contributed by atoms with van der Waals surface area (Å²) in [5, 5.41) is 2.90. The summed E-state index contributed by atoms with van der Waals surface area (Å²) < 4.78 is 18.1. The Morgan fingerprint density at radius 3 is 2.94 bits per heavy atom. The predicted molar refractivity (Wildman–Crippen MR) is 65.2 cm³/mol. The quantitative estimate of drug-likeness (QED) is 0.454. The van der Waals surface area contributed by atoms with Crippen LogP contribution in [0.2, 0.25) is 0 Å². The second-order valence-corrected chi connectivity index (χ2v) is 3.57. The Morgan fingerprint density at radius 1 is 1.53 bits per heavy atom. The maximum atomic E-state index is 13.3. The Labute approximate surface area is 100.0 Å². The number of esters is 1. The van der Waals surface area contributed by atoms with Gasteiger partial charge in [-0.25, -0.2) is 4.39 Å². The zero-order valence-corrected chi connectivity index (χ0v) is 9.83. The van der Waals surface area contributed by atoms with Crippen LogP contribution >= 0.6 is 0 Å². The van der Waals surface area contributed by atoms with Crippen LogP contribution in [-0.2, 0) is 9.53 Å².